The number of hydrogen-bond donors (Lipinski definition) is 1. The number of halogens is 1. The smallest absolute Gasteiger partial charge is 0.161 e. The van der Waals surface area contributed by atoms with Gasteiger partial charge in [-0.15, -0.1) is 18.2 Å². The Morgan fingerprint density at radius 2 is 2.24 bits per heavy atom. The third-order valence-electron chi connectivity index (χ3n) is 2.22. The molecule has 1 atom stereocenters. The molecule has 0 bridgehead atoms. The van der Waals surface area contributed by atoms with Gasteiger partial charge in [-0.3, -0.25) is 0 Å². The van der Waals surface area contributed by atoms with Crippen LogP contribution in [0.15, 0.2) is 30.9 Å². The number of benzene rings is 1. The van der Waals surface area contributed by atoms with Crippen molar-refractivity contribution in [2.75, 3.05) is 19.6 Å². The van der Waals surface area contributed by atoms with Gasteiger partial charge >= 0.3 is 0 Å². The minimum Gasteiger partial charge on any atom is -0.493 e. The topological polar surface area (TPSA) is 38.7 Å². The Hall–Kier alpha value is -1.19. The zero-order valence-corrected chi connectivity index (χ0v) is 10.6. The van der Waals surface area contributed by atoms with Crippen molar-refractivity contribution in [1.29, 1.82) is 0 Å². The maximum Gasteiger partial charge on any atom is 0.161 e. The minimum absolute atomic E-state index is 0.150. The molecule has 0 amide bonds. The second kappa shape index (κ2) is 7.20. The van der Waals surface area contributed by atoms with Crippen LogP contribution in [0.1, 0.15) is 5.56 Å². The predicted octanol–water partition coefficient (Wildman–Crippen LogP) is 2.40. The van der Waals surface area contributed by atoms with Crippen molar-refractivity contribution in [3.63, 3.8) is 0 Å². The number of rotatable bonds is 7. The second-order valence-electron chi connectivity index (χ2n) is 3.60. The average Bonchev–Trinajstić information content (AvgIpc) is 2.36. The highest BCUT2D eigenvalue weighted by molar-refractivity contribution is 6.18. The number of alkyl halides is 1. The van der Waals surface area contributed by atoms with Crippen LogP contribution in [0.3, 0.4) is 0 Å². The number of allylic oxidation sites excluding steroid dienone is 1. The lowest BCUT2D eigenvalue weighted by atomic mass is 10.1. The fourth-order valence-corrected chi connectivity index (χ4v) is 1.44. The third kappa shape index (κ3) is 4.29. The third-order valence-corrected chi connectivity index (χ3v) is 2.57. The van der Waals surface area contributed by atoms with E-state index in [1.807, 2.05) is 24.3 Å². The summed E-state index contributed by atoms with van der Waals surface area (Å²) in [6, 6.07) is 5.65. The van der Waals surface area contributed by atoms with Crippen molar-refractivity contribution in [2.45, 2.75) is 12.5 Å². The zero-order chi connectivity index (χ0) is 12.7. The van der Waals surface area contributed by atoms with Crippen LogP contribution in [0.2, 0.25) is 0 Å². The summed E-state index contributed by atoms with van der Waals surface area (Å²) in [7, 11) is 1.58. The van der Waals surface area contributed by atoms with Gasteiger partial charge in [-0.05, 0) is 24.1 Å². The van der Waals surface area contributed by atoms with E-state index in [0.29, 0.717) is 11.5 Å². The molecule has 4 heteroatoms. The van der Waals surface area contributed by atoms with Crippen LogP contribution in [0, 0.1) is 0 Å². The van der Waals surface area contributed by atoms with Gasteiger partial charge in [0, 0.05) is 0 Å². The Labute approximate surface area is 107 Å². The maximum absolute atomic E-state index is 9.31. The van der Waals surface area contributed by atoms with Crippen molar-refractivity contribution in [3.05, 3.63) is 36.4 Å². The molecule has 17 heavy (non-hydrogen) atoms. The van der Waals surface area contributed by atoms with E-state index < -0.39 is 6.10 Å². The van der Waals surface area contributed by atoms with Gasteiger partial charge in [0.2, 0.25) is 0 Å². The highest BCUT2D eigenvalue weighted by atomic mass is 35.5. The van der Waals surface area contributed by atoms with E-state index in [1.165, 1.54) is 0 Å². The summed E-state index contributed by atoms with van der Waals surface area (Å²) in [6.07, 6.45) is 1.93. The number of aliphatic hydroxyl groups excluding tert-OH is 1. The molecular formula is C13H17ClO3. The first kappa shape index (κ1) is 13.9. The summed E-state index contributed by atoms with van der Waals surface area (Å²) in [4.78, 5) is 0. The van der Waals surface area contributed by atoms with Crippen LogP contribution < -0.4 is 9.47 Å². The molecule has 1 rings (SSSR count). The lowest BCUT2D eigenvalue weighted by Gasteiger charge is -2.13. The highest BCUT2D eigenvalue weighted by Crippen LogP contribution is 2.28. The first-order chi connectivity index (χ1) is 8.21. The molecule has 0 heterocycles. The molecule has 0 aliphatic carbocycles. The summed E-state index contributed by atoms with van der Waals surface area (Å²) in [5.74, 6) is 1.40. The molecule has 3 nitrogen and oxygen atoms in total. The van der Waals surface area contributed by atoms with Gasteiger partial charge in [0.1, 0.15) is 12.7 Å². The van der Waals surface area contributed by atoms with Crippen molar-refractivity contribution in [2.24, 2.45) is 0 Å². The molecule has 0 aliphatic heterocycles. The van der Waals surface area contributed by atoms with E-state index in [-0.39, 0.29) is 12.5 Å². The molecule has 94 valence electrons. The van der Waals surface area contributed by atoms with Gasteiger partial charge in [-0.1, -0.05) is 12.1 Å². The van der Waals surface area contributed by atoms with Crippen LogP contribution in [0.4, 0.5) is 0 Å². The van der Waals surface area contributed by atoms with Gasteiger partial charge in [0.25, 0.3) is 0 Å². The molecule has 0 radical (unpaired) electrons. The van der Waals surface area contributed by atoms with E-state index in [1.54, 1.807) is 7.11 Å². The molecule has 0 aromatic heterocycles. The fourth-order valence-electron chi connectivity index (χ4n) is 1.36. The number of hydrogen-bond acceptors (Lipinski definition) is 3. The van der Waals surface area contributed by atoms with E-state index in [0.717, 1.165) is 12.0 Å². The van der Waals surface area contributed by atoms with E-state index >= 15 is 0 Å². The van der Waals surface area contributed by atoms with Crippen LogP contribution in [-0.4, -0.2) is 30.8 Å². The van der Waals surface area contributed by atoms with Crippen LogP contribution >= 0.6 is 11.6 Å². The Morgan fingerprint density at radius 3 is 2.82 bits per heavy atom. The second-order valence-corrected chi connectivity index (χ2v) is 3.91. The van der Waals surface area contributed by atoms with Gasteiger partial charge in [-0.25, -0.2) is 0 Å². The lowest BCUT2D eigenvalue weighted by molar-refractivity contribution is 0.123. The monoisotopic (exact) mass is 256 g/mol. The first-order valence-corrected chi connectivity index (χ1v) is 5.89. The average molecular weight is 257 g/mol. The molecule has 0 saturated carbocycles. The molecular weight excluding hydrogens is 240 g/mol. The Kier molecular flexibility index (Phi) is 5.87. The number of methoxy groups -OCH3 is 1. The lowest BCUT2D eigenvalue weighted by Crippen LogP contribution is -2.19. The fraction of sp³-hybridized carbons (Fsp3) is 0.385. The molecule has 1 unspecified atom stereocenters. The first-order valence-electron chi connectivity index (χ1n) is 5.36. The highest BCUT2D eigenvalue weighted by Gasteiger charge is 2.08. The SMILES string of the molecule is C=CCc1ccc(OCC(O)CCl)c(OC)c1. The largest absolute Gasteiger partial charge is 0.493 e. The van der Waals surface area contributed by atoms with Gasteiger partial charge in [0.05, 0.1) is 13.0 Å². The van der Waals surface area contributed by atoms with Crippen molar-refractivity contribution >= 4 is 11.6 Å². The molecule has 0 aliphatic rings. The van der Waals surface area contributed by atoms with Gasteiger partial charge < -0.3 is 14.6 Å². The number of ether oxygens (including phenoxy) is 2. The zero-order valence-electron chi connectivity index (χ0n) is 9.86. The maximum atomic E-state index is 9.31. The summed E-state index contributed by atoms with van der Waals surface area (Å²) in [5.41, 5.74) is 1.10. The summed E-state index contributed by atoms with van der Waals surface area (Å²) >= 11 is 5.49. The Bertz CT molecular complexity index is 366. The summed E-state index contributed by atoms with van der Waals surface area (Å²) < 4.78 is 10.7. The van der Waals surface area contributed by atoms with E-state index in [4.69, 9.17) is 21.1 Å². The van der Waals surface area contributed by atoms with Gasteiger partial charge in [-0.2, -0.15) is 0 Å². The predicted molar refractivity (Wildman–Crippen MR) is 69.1 cm³/mol. The molecule has 0 fully saturated rings. The van der Waals surface area contributed by atoms with Crippen LogP contribution in [0.5, 0.6) is 11.5 Å². The summed E-state index contributed by atoms with van der Waals surface area (Å²) in [5, 5.41) is 9.31. The van der Waals surface area contributed by atoms with Crippen molar-refractivity contribution < 1.29 is 14.6 Å². The normalized spacial score (nSPS) is 11.9. The molecule has 1 N–H and O–H groups in total. The minimum atomic E-state index is -0.672. The molecule has 1 aromatic carbocycles. The van der Waals surface area contributed by atoms with Gasteiger partial charge in [0.15, 0.2) is 11.5 Å². The van der Waals surface area contributed by atoms with Crippen LogP contribution in [-0.2, 0) is 6.42 Å². The van der Waals surface area contributed by atoms with E-state index in [9.17, 15) is 5.11 Å². The molecule has 0 saturated heterocycles. The quantitative estimate of drug-likeness (QED) is 0.601. The molecule has 0 spiro atoms. The van der Waals surface area contributed by atoms with E-state index in [2.05, 4.69) is 6.58 Å². The Balaban J connectivity index is 2.74. The Morgan fingerprint density at radius 1 is 1.47 bits per heavy atom. The standard InChI is InChI=1S/C13H17ClO3/c1-3-4-10-5-6-12(13(7-10)16-2)17-9-11(15)8-14/h3,5-7,11,15H,1,4,8-9H2,2H3. The number of aliphatic hydroxyl groups is 1. The van der Waals surface area contributed by atoms with Crippen molar-refractivity contribution in [3.8, 4) is 11.5 Å². The van der Waals surface area contributed by atoms with Crippen LogP contribution in [0.25, 0.3) is 0 Å². The summed E-state index contributed by atoms with van der Waals surface area (Å²) in [6.45, 7) is 3.84. The molecule has 1 aromatic rings. The van der Waals surface area contributed by atoms with Crippen molar-refractivity contribution in [1.82, 2.24) is 0 Å².